The highest BCUT2D eigenvalue weighted by Gasteiger charge is 2.26. The summed E-state index contributed by atoms with van der Waals surface area (Å²) in [4.78, 5) is 21.2. The number of carbonyl (C=O) groups is 2. The Bertz CT molecular complexity index is 212. The van der Waals surface area contributed by atoms with Gasteiger partial charge in [0.25, 0.3) is 0 Å². The molecule has 5 heteroatoms. The molecular weight excluding hydrogens is 174 g/mol. The maximum absolute atomic E-state index is 11.0. The summed E-state index contributed by atoms with van der Waals surface area (Å²) >= 11 is 0. The van der Waals surface area contributed by atoms with Gasteiger partial charge in [-0.1, -0.05) is 0 Å². The largest absolute Gasteiger partial charge is 0.481 e. The van der Waals surface area contributed by atoms with Crippen LogP contribution in [0.25, 0.3) is 0 Å². The van der Waals surface area contributed by atoms with Crippen molar-refractivity contribution in [2.24, 2.45) is 0 Å². The molecule has 0 aliphatic carbocycles. The number of carbonyl (C=O) groups excluding carboxylic acids is 1. The summed E-state index contributed by atoms with van der Waals surface area (Å²) in [5.74, 6) is -1.17. The van der Waals surface area contributed by atoms with Crippen molar-refractivity contribution in [3.63, 3.8) is 0 Å². The van der Waals surface area contributed by atoms with Crippen LogP contribution < -0.4 is 0 Å². The molecule has 0 heterocycles. The first kappa shape index (κ1) is 12.1. The first-order valence-corrected chi connectivity index (χ1v) is 3.99. The van der Waals surface area contributed by atoms with Crippen LogP contribution in [0.1, 0.15) is 13.3 Å². The zero-order valence-electron chi connectivity index (χ0n) is 8.15. The van der Waals surface area contributed by atoms with Crippen LogP contribution in [0.15, 0.2) is 0 Å². The van der Waals surface area contributed by atoms with Crippen LogP contribution in [-0.2, 0) is 9.59 Å². The van der Waals surface area contributed by atoms with Crippen molar-refractivity contribution in [1.82, 2.24) is 0 Å². The number of amides is 1. The summed E-state index contributed by atoms with van der Waals surface area (Å²) in [6, 6.07) is 0. The van der Waals surface area contributed by atoms with Gasteiger partial charge in [0.1, 0.15) is 12.6 Å². The second-order valence-corrected chi connectivity index (χ2v) is 3.64. The van der Waals surface area contributed by atoms with Crippen molar-refractivity contribution in [2.75, 3.05) is 20.6 Å². The number of rotatable bonds is 4. The van der Waals surface area contributed by atoms with E-state index in [0.29, 0.717) is 0 Å². The van der Waals surface area contributed by atoms with Crippen LogP contribution in [0, 0.1) is 0 Å². The number of aliphatic hydroxyl groups excluding tert-OH is 1. The van der Waals surface area contributed by atoms with Gasteiger partial charge in [0.15, 0.2) is 0 Å². The van der Waals surface area contributed by atoms with Crippen LogP contribution in [-0.4, -0.2) is 53.3 Å². The molecule has 0 radical (unpaired) electrons. The number of likely N-dealkylation sites (N-methyl/N-ethyl adjacent to an activating group) is 1. The van der Waals surface area contributed by atoms with E-state index in [9.17, 15) is 14.7 Å². The standard InChI is InChI=1S/C8H15NO4/c1-6(10)9(2,3)5-7(11)4-8(12)13/h7,11H,4-5H2,1-3H3/p+1. The second kappa shape index (κ2) is 4.34. The van der Waals surface area contributed by atoms with Gasteiger partial charge >= 0.3 is 11.9 Å². The Kier molecular flexibility index (Phi) is 4.03. The van der Waals surface area contributed by atoms with E-state index in [1.165, 1.54) is 6.92 Å². The van der Waals surface area contributed by atoms with E-state index >= 15 is 0 Å². The van der Waals surface area contributed by atoms with E-state index in [1.54, 1.807) is 14.1 Å². The zero-order valence-corrected chi connectivity index (χ0v) is 8.15. The summed E-state index contributed by atoms with van der Waals surface area (Å²) in [5.41, 5.74) is 0. The van der Waals surface area contributed by atoms with Gasteiger partial charge in [0.2, 0.25) is 0 Å². The molecule has 0 aromatic carbocycles. The molecule has 0 aliphatic heterocycles. The Labute approximate surface area is 77.2 Å². The molecule has 0 aromatic rings. The number of quaternary nitrogens is 1. The third-order valence-corrected chi connectivity index (χ3v) is 1.93. The molecule has 76 valence electrons. The average molecular weight is 190 g/mol. The maximum atomic E-state index is 11.0. The summed E-state index contributed by atoms with van der Waals surface area (Å²) in [6.07, 6.45) is -1.30. The van der Waals surface area contributed by atoms with E-state index in [-0.39, 0.29) is 23.4 Å². The fourth-order valence-corrected chi connectivity index (χ4v) is 0.922. The molecule has 2 N–H and O–H groups in total. The highest BCUT2D eigenvalue weighted by atomic mass is 16.4. The lowest BCUT2D eigenvalue weighted by Gasteiger charge is -2.27. The molecule has 0 fully saturated rings. The highest BCUT2D eigenvalue weighted by molar-refractivity contribution is 5.67. The number of carboxylic acid groups (broad SMARTS) is 1. The van der Waals surface area contributed by atoms with Crippen molar-refractivity contribution in [2.45, 2.75) is 19.4 Å². The van der Waals surface area contributed by atoms with E-state index in [0.717, 1.165) is 0 Å². The number of carboxylic acids is 1. The van der Waals surface area contributed by atoms with Crippen LogP contribution in [0.5, 0.6) is 0 Å². The Morgan fingerprint density at radius 3 is 2.15 bits per heavy atom. The Hall–Kier alpha value is -0.940. The van der Waals surface area contributed by atoms with Crippen LogP contribution in [0.2, 0.25) is 0 Å². The van der Waals surface area contributed by atoms with Crippen molar-refractivity contribution in [1.29, 1.82) is 0 Å². The van der Waals surface area contributed by atoms with Gasteiger partial charge in [-0.05, 0) is 0 Å². The maximum Gasteiger partial charge on any atom is 0.310 e. The van der Waals surface area contributed by atoms with E-state index < -0.39 is 12.1 Å². The third kappa shape index (κ3) is 4.59. The number of hydrogen-bond donors (Lipinski definition) is 2. The zero-order chi connectivity index (χ0) is 10.6. The molecule has 0 saturated heterocycles. The van der Waals surface area contributed by atoms with Crippen molar-refractivity contribution in [3.8, 4) is 0 Å². The molecule has 1 amide bonds. The smallest absolute Gasteiger partial charge is 0.310 e. The lowest BCUT2D eigenvalue weighted by molar-refractivity contribution is -0.816. The Balaban J connectivity index is 4.11. The van der Waals surface area contributed by atoms with Gasteiger partial charge in [-0.25, -0.2) is 4.79 Å². The van der Waals surface area contributed by atoms with E-state index in [1.807, 2.05) is 0 Å². The summed E-state index contributed by atoms with van der Waals surface area (Å²) in [7, 11) is 3.26. The first-order valence-electron chi connectivity index (χ1n) is 3.99. The van der Waals surface area contributed by atoms with Gasteiger partial charge in [0, 0.05) is 0 Å². The predicted octanol–water partition coefficient (Wildman–Crippen LogP) is -0.555. The molecule has 0 rings (SSSR count). The first-order chi connectivity index (χ1) is 5.75. The third-order valence-electron chi connectivity index (χ3n) is 1.93. The van der Waals surface area contributed by atoms with Gasteiger partial charge in [0.05, 0.1) is 27.4 Å². The van der Waals surface area contributed by atoms with Gasteiger partial charge in [-0.2, -0.15) is 0 Å². The molecule has 13 heavy (non-hydrogen) atoms. The van der Waals surface area contributed by atoms with Crippen LogP contribution >= 0.6 is 0 Å². The molecule has 1 unspecified atom stereocenters. The quantitative estimate of drug-likeness (QED) is 0.583. The normalized spacial score (nSPS) is 13.8. The minimum Gasteiger partial charge on any atom is -0.481 e. The van der Waals surface area contributed by atoms with Crippen molar-refractivity contribution in [3.05, 3.63) is 0 Å². The minimum absolute atomic E-state index is 0.00551. The molecule has 0 bridgehead atoms. The Morgan fingerprint density at radius 2 is 1.85 bits per heavy atom. The molecule has 5 nitrogen and oxygen atoms in total. The fraction of sp³-hybridized carbons (Fsp3) is 0.750. The molecule has 1 atom stereocenters. The van der Waals surface area contributed by atoms with Gasteiger partial charge in [-0.3, -0.25) is 9.28 Å². The summed E-state index contributed by atoms with van der Waals surface area (Å²) < 4.78 is -0.00551. The van der Waals surface area contributed by atoms with E-state index in [4.69, 9.17) is 5.11 Å². The number of aliphatic hydroxyl groups is 1. The van der Waals surface area contributed by atoms with Crippen LogP contribution in [0.4, 0.5) is 0 Å². The lowest BCUT2D eigenvalue weighted by atomic mass is 10.2. The number of nitrogens with zero attached hydrogens (tertiary/aromatic N) is 1. The Morgan fingerprint density at radius 1 is 1.38 bits per heavy atom. The van der Waals surface area contributed by atoms with Crippen LogP contribution in [0.3, 0.4) is 0 Å². The molecule has 0 saturated carbocycles. The van der Waals surface area contributed by atoms with Crippen molar-refractivity contribution >= 4 is 11.9 Å². The molecule has 0 aromatic heterocycles. The van der Waals surface area contributed by atoms with E-state index in [2.05, 4.69) is 0 Å². The SMILES string of the molecule is CC(=O)[N+](C)(C)CC(O)CC(=O)O. The minimum atomic E-state index is -1.06. The molecular formula is C8H16NO4+. The predicted molar refractivity (Wildman–Crippen MR) is 45.9 cm³/mol. The van der Waals surface area contributed by atoms with Crippen molar-refractivity contribution < 1.29 is 24.3 Å². The highest BCUT2D eigenvalue weighted by Crippen LogP contribution is 2.03. The molecule has 0 aliphatic rings. The fourth-order valence-electron chi connectivity index (χ4n) is 0.922. The summed E-state index contributed by atoms with van der Waals surface area (Å²) in [5, 5.41) is 17.6. The number of hydrogen-bond acceptors (Lipinski definition) is 3. The topological polar surface area (TPSA) is 74.6 Å². The summed E-state index contributed by atoms with van der Waals surface area (Å²) in [6.45, 7) is 1.54. The van der Waals surface area contributed by atoms with Gasteiger partial charge in [-0.15, -0.1) is 0 Å². The monoisotopic (exact) mass is 190 g/mol. The van der Waals surface area contributed by atoms with Gasteiger partial charge < -0.3 is 10.2 Å². The average Bonchev–Trinajstić information content (AvgIpc) is 1.82. The lowest BCUT2D eigenvalue weighted by Crippen LogP contribution is -2.49. The number of aliphatic carboxylic acids is 1. The second-order valence-electron chi connectivity index (χ2n) is 3.64. The molecule has 0 spiro atoms.